The number of carbonyl (C=O) groups excluding carboxylic acids is 1. The van der Waals surface area contributed by atoms with Crippen molar-refractivity contribution in [1.29, 1.82) is 5.26 Å². The van der Waals surface area contributed by atoms with Crippen molar-refractivity contribution < 1.29 is 9.90 Å². The van der Waals surface area contributed by atoms with E-state index in [0.717, 1.165) is 36.3 Å². The Bertz CT molecular complexity index is 1220. The molecule has 168 valence electrons. The number of hydrogen-bond acceptors (Lipinski definition) is 5. The van der Waals surface area contributed by atoms with Crippen LogP contribution < -0.4 is 0 Å². The molecular formula is C26H27N5O2. The largest absolute Gasteiger partial charge is 0.391 e. The number of Topliss-reactive ketones (excluding diaryl/α,β-unsaturated/α-hetero) is 1. The molecule has 3 atom stereocenters. The molecule has 2 bridgehead atoms. The maximum absolute atomic E-state index is 13.4. The van der Waals surface area contributed by atoms with Gasteiger partial charge in [-0.1, -0.05) is 6.08 Å². The molecule has 7 heteroatoms. The smallest absolute Gasteiger partial charge is 0.178 e. The summed E-state index contributed by atoms with van der Waals surface area (Å²) in [6, 6.07) is 13.8. The molecule has 0 saturated carbocycles. The maximum atomic E-state index is 13.4. The Labute approximate surface area is 193 Å². The quantitative estimate of drug-likeness (QED) is 0.568. The fourth-order valence-corrected chi connectivity index (χ4v) is 5.32. The Kier molecular flexibility index (Phi) is 5.71. The number of benzene rings is 1. The average Bonchev–Trinajstić information content (AvgIpc) is 3.59. The predicted octanol–water partition coefficient (Wildman–Crippen LogP) is 3.35. The van der Waals surface area contributed by atoms with E-state index in [1.807, 2.05) is 54.2 Å². The molecule has 0 aliphatic carbocycles. The molecule has 5 rings (SSSR count). The lowest BCUT2D eigenvalue weighted by Crippen LogP contribution is -2.36. The Hall–Kier alpha value is -3.47. The zero-order chi connectivity index (χ0) is 22.9. The van der Waals surface area contributed by atoms with Crippen molar-refractivity contribution >= 4 is 11.9 Å². The zero-order valence-corrected chi connectivity index (χ0v) is 18.6. The standard InChI is InChI=1S/C26H27N5O2/c1-18-23(26(33)17-30-21-9-10-24(30)25(32)15-21)14-22(4-2-12-29-13-3-11-28-29)31(18)20-7-5-19(16-27)6-8-20/h2-8,11,13-14,21,24-25,32H,9-10,12,15,17H2,1H3/b4-2+/t21-,24+,25+/m1/s1. The van der Waals surface area contributed by atoms with Crippen molar-refractivity contribution in [3.8, 4) is 11.8 Å². The Morgan fingerprint density at radius 1 is 1.30 bits per heavy atom. The summed E-state index contributed by atoms with van der Waals surface area (Å²) >= 11 is 0. The first-order valence-corrected chi connectivity index (χ1v) is 11.4. The van der Waals surface area contributed by atoms with Gasteiger partial charge in [0.25, 0.3) is 0 Å². The summed E-state index contributed by atoms with van der Waals surface area (Å²) in [5.41, 5.74) is 3.96. The number of hydrogen-bond donors (Lipinski definition) is 1. The monoisotopic (exact) mass is 441 g/mol. The second kappa shape index (κ2) is 8.81. The lowest BCUT2D eigenvalue weighted by Gasteiger charge is -2.21. The van der Waals surface area contributed by atoms with Crippen molar-refractivity contribution in [2.75, 3.05) is 6.54 Å². The third kappa shape index (κ3) is 4.04. The van der Waals surface area contributed by atoms with Gasteiger partial charge in [-0.15, -0.1) is 0 Å². The molecule has 2 fully saturated rings. The zero-order valence-electron chi connectivity index (χ0n) is 18.6. The van der Waals surface area contributed by atoms with Crippen molar-refractivity contribution in [1.82, 2.24) is 19.2 Å². The van der Waals surface area contributed by atoms with Gasteiger partial charge in [0, 0.05) is 47.1 Å². The van der Waals surface area contributed by atoms with E-state index in [-0.39, 0.29) is 17.9 Å². The third-order valence-corrected chi connectivity index (χ3v) is 6.95. The van der Waals surface area contributed by atoms with Crippen LogP contribution in [0.25, 0.3) is 11.8 Å². The Morgan fingerprint density at radius 3 is 2.76 bits per heavy atom. The van der Waals surface area contributed by atoms with Gasteiger partial charge < -0.3 is 9.67 Å². The van der Waals surface area contributed by atoms with E-state index >= 15 is 0 Å². The molecule has 0 amide bonds. The number of ketones is 1. The fourth-order valence-electron chi connectivity index (χ4n) is 5.32. The first-order chi connectivity index (χ1) is 16.0. The number of nitrogens with zero attached hydrogens (tertiary/aromatic N) is 5. The van der Waals surface area contributed by atoms with E-state index in [9.17, 15) is 9.90 Å². The number of carbonyl (C=O) groups is 1. The molecule has 3 aromatic rings. The summed E-state index contributed by atoms with van der Waals surface area (Å²) in [6.07, 6.45) is 10.2. The summed E-state index contributed by atoms with van der Waals surface area (Å²) in [6.45, 7) is 2.92. The molecule has 2 aromatic heterocycles. The van der Waals surface area contributed by atoms with E-state index in [2.05, 4.69) is 20.6 Å². The van der Waals surface area contributed by atoms with E-state index in [1.165, 1.54) is 0 Å². The van der Waals surface area contributed by atoms with Crippen LogP contribution in [-0.4, -0.2) is 54.9 Å². The number of nitriles is 1. The molecule has 0 radical (unpaired) electrons. The van der Waals surface area contributed by atoms with Gasteiger partial charge in [-0.25, -0.2) is 0 Å². The number of aromatic nitrogens is 3. The number of aliphatic hydroxyl groups excluding tert-OH is 1. The van der Waals surface area contributed by atoms with E-state index in [1.54, 1.807) is 18.3 Å². The average molecular weight is 442 g/mol. The minimum atomic E-state index is -0.318. The highest BCUT2D eigenvalue weighted by Crippen LogP contribution is 2.37. The van der Waals surface area contributed by atoms with Gasteiger partial charge in [0.05, 0.1) is 30.8 Å². The summed E-state index contributed by atoms with van der Waals surface area (Å²) in [5.74, 6) is 0.0765. The van der Waals surface area contributed by atoms with Crippen LogP contribution >= 0.6 is 0 Å². The molecule has 2 aliphatic heterocycles. The lowest BCUT2D eigenvalue weighted by molar-refractivity contribution is 0.0873. The van der Waals surface area contributed by atoms with Crippen LogP contribution in [0.3, 0.4) is 0 Å². The van der Waals surface area contributed by atoms with Crippen LogP contribution in [0.5, 0.6) is 0 Å². The van der Waals surface area contributed by atoms with Crippen LogP contribution in [0, 0.1) is 18.3 Å². The van der Waals surface area contributed by atoms with Gasteiger partial charge >= 0.3 is 0 Å². The van der Waals surface area contributed by atoms with Crippen LogP contribution in [0.4, 0.5) is 0 Å². The van der Waals surface area contributed by atoms with Gasteiger partial charge in [-0.2, -0.15) is 10.4 Å². The third-order valence-electron chi connectivity index (χ3n) is 6.95. The van der Waals surface area contributed by atoms with Gasteiger partial charge in [0.2, 0.25) is 0 Å². The van der Waals surface area contributed by atoms with Gasteiger partial charge in [-0.05, 0) is 68.7 Å². The van der Waals surface area contributed by atoms with E-state index in [0.29, 0.717) is 30.3 Å². The molecule has 0 spiro atoms. The lowest BCUT2D eigenvalue weighted by atomic mass is 9.98. The van der Waals surface area contributed by atoms with Crippen molar-refractivity contribution in [2.24, 2.45) is 0 Å². The fraction of sp³-hybridized carbons (Fsp3) is 0.346. The van der Waals surface area contributed by atoms with Crippen molar-refractivity contribution in [3.05, 3.63) is 77.4 Å². The highest BCUT2D eigenvalue weighted by atomic mass is 16.3. The summed E-state index contributed by atoms with van der Waals surface area (Å²) in [5, 5.41) is 23.6. The van der Waals surface area contributed by atoms with Crippen molar-refractivity contribution in [3.63, 3.8) is 0 Å². The maximum Gasteiger partial charge on any atom is 0.178 e. The first-order valence-electron chi connectivity index (χ1n) is 11.4. The molecule has 1 aromatic carbocycles. The molecular weight excluding hydrogens is 414 g/mol. The Balaban J connectivity index is 1.46. The van der Waals surface area contributed by atoms with Gasteiger partial charge in [0.1, 0.15) is 0 Å². The van der Waals surface area contributed by atoms with Crippen molar-refractivity contribution in [2.45, 2.75) is 50.9 Å². The molecule has 33 heavy (non-hydrogen) atoms. The summed E-state index contributed by atoms with van der Waals surface area (Å²) in [4.78, 5) is 15.6. The number of rotatable bonds is 7. The van der Waals surface area contributed by atoms with Gasteiger partial charge in [-0.3, -0.25) is 14.4 Å². The van der Waals surface area contributed by atoms with E-state index in [4.69, 9.17) is 5.26 Å². The predicted molar refractivity (Wildman–Crippen MR) is 125 cm³/mol. The highest BCUT2D eigenvalue weighted by molar-refractivity contribution is 5.99. The normalized spacial score (nSPS) is 22.3. The SMILES string of the molecule is Cc1c(C(=O)CN2[C@@H]3CC[C@H]2[C@@H](O)C3)cc(/C=C/Cn2cccn2)n1-c1ccc(C#N)cc1. The van der Waals surface area contributed by atoms with Crippen LogP contribution in [0.15, 0.2) is 54.9 Å². The van der Waals surface area contributed by atoms with Crippen LogP contribution in [-0.2, 0) is 6.54 Å². The molecule has 2 saturated heterocycles. The molecule has 4 heterocycles. The summed E-state index contributed by atoms with van der Waals surface area (Å²) in [7, 11) is 0. The van der Waals surface area contributed by atoms with Crippen LogP contribution in [0.1, 0.15) is 46.6 Å². The number of allylic oxidation sites excluding steroid dienone is 1. The molecule has 2 aliphatic rings. The molecule has 0 unspecified atom stereocenters. The first kappa shape index (κ1) is 21.4. The second-order valence-electron chi connectivity index (χ2n) is 8.89. The summed E-state index contributed by atoms with van der Waals surface area (Å²) < 4.78 is 3.89. The van der Waals surface area contributed by atoms with Gasteiger partial charge in [0.15, 0.2) is 5.78 Å². The number of aliphatic hydroxyl groups is 1. The Morgan fingerprint density at radius 2 is 2.12 bits per heavy atom. The van der Waals surface area contributed by atoms with E-state index < -0.39 is 0 Å². The highest BCUT2D eigenvalue weighted by Gasteiger charge is 2.46. The second-order valence-corrected chi connectivity index (χ2v) is 8.89. The minimum absolute atomic E-state index is 0.0765. The van der Waals surface area contributed by atoms with Crippen LogP contribution in [0.2, 0.25) is 0 Å². The molecule has 1 N–H and O–H groups in total. The molecule has 7 nitrogen and oxygen atoms in total. The number of fused-ring (bicyclic) bond motifs is 2. The topological polar surface area (TPSA) is 87.1 Å². The minimum Gasteiger partial charge on any atom is -0.391 e.